The maximum atomic E-state index is 13.1. The number of ether oxygens (including phenoxy) is 3. The van der Waals surface area contributed by atoms with Crippen LogP contribution in [0.4, 0.5) is 11.4 Å². The average molecular weight is 531 g/mol. The van der Waals surface area contributed by atoms with Crippen molar-refractivity contribution in [3.05, 3.63) is 77.6 Å². The van der Waals surface area contributed by atoms with E-state index in [1.165, 1.54) is 7.11 Å². The van der Waals surface area contributed by atoms with E-state index < -0.39 is 5.97 Å². The fourth-order valence-corrected chi connectivity index (χ4v) is 4.46. The van der Waals surface area contributed by atoms with Crippen molar-refractivity contribution in [2.24, 2.45) is 5.92 Å². The normalized spacial score (nSPS) is 10.9. The molecule has 0 aliphatic heterocycles. The lowest BCUT2D eigenvalue weighted by atomic mass is 10.1. The van der Waals surface area contributed by atoms with Crippen LogP contribution < -0.4 is 20.1 Å². The van der Waals surface area contributed by atoms with E-state index in [4.69, 9.17) is 19.2 Å². The van der Waals surface area contributed by atoms with E-state index in [1.807, 2.05) is 59.2 Å². The van der Waals surface area contributed by atoms with Gasteiger partial charge in [-0.25, -0.2) is 9.78 Å². The first-order valence-electron chi connectivity index (χ1n) is 12.7. The van der Waals surface area contributed by atoms with E-state index in [9.17, 15) is 9.59 Å². The molecule has 0 saturated heterocycles. The number of benzene rings is 2. The van der Waals surface area contributed by atoms with Crippen LogP contribution in [-0.4, -0.2) is 42.8 Å². The summed E-state index contributed by atoms with van der Waals surface area (Å²) in [7, 11) is 4.55. The summed E-state index contributed by atoms with van der Waals surface area (Å²) >= 11 is 0. The Hall–Kier alpha value is -4.53. The molecule has 0 radical (unpaired) electrons. The summed E-state index contributed by atoms with van der Waals surface area (Å²) < 4.78 is 17.8. The van der Waals surface area contributed by atoms with Crippen LogP contribution in [0.5, 0.6) is 11.5 Å². The Balaban J connectivity index is 1.72. The van der Waals surface area contributed by atoms with Crippen LogP contribution in [0.25, 0.3) is 11.0 Å². The van der Waals surface area contributed by atoms with Gasteiger partial charge in [0, 0.05) is 30.1 Å². The molecule has 4 aromatic rings. The maximum absolute atomic E-state index is 13.1. The van der Waals surface area contributed by atoms with Gasteiger partial charge in [0.2, 0.25) is 5.91 Å². The second kappa shape index (κ2) is 12.3. The van der Waals surface area contributed by atoms with Crippen LogP contribution in [-0.2, 0) is 29.0 Å². The minimum Gasteiger partial charge on any atom is -0.497 e. The van der Waals surface area contributed by atoms with Gasteiger partial charge in [0.25, 0.3) is 0 Å². The van der Waals surface area contributed by atoms with Crippen LogP contribution in [0.1, 0.15) is 35.5 Å². The Bertz CT molecular complexity index is 1460. The molecule has 0 fully saturated rings. The molecule has 0 aliphatic carbocycles. The third-order valence-electron chi connectivity index (χ3n) is 6.27. The number of esters is 1. The molecule has 204 valence electrons. The Labute approximate surface area is 228 Å². The monoisotopic (exact) mass is 530 g/mol. The Morgan fingerprint density at radius 1 is 1.00 bits per heavy atom. The van der Waals surface area contributed by atoms with Crippen molar-refractivity contribution in [1.29, 1.82) is 0 Å². The molecule has 4 rings (SSSR count). The van der Waals surface area contributed by atoms with Gasteiger partial charge in [-0.1, -0.05) is 44.2 Å². The van der Waals surface area contributed by atoms with Crippen molar-refractivity contribution in [3.63, 3.8) is 0 Å². The van der Waals surface area contributed by atoms with Gasteiger partial charge < -0.3 is 29.4 Å². The molecule has 9 heteroatoms. The fraction of sp³-hybridized carbons (Fsp3) is 0.300. The van der Waals surface area contributed by atoms with Crippen molar-refractivity contribution < 1.29 is 23.8 Å². The number of carbonyl (C=O) groups excluding carboxylic acids is 2. The predicted molar refractivity (Wildman–Crippen MR) is 152 cm³/mol. The highest BCUT2D eigenvalue weighted by molar-refractivity contribution is 6.11. The number of aromatic nitrogens is 2. The van der Waals surface area contributed by atoms with Gasteiger partial charge in [0.1, 0.15) is 17.1 Å². The lowest BCUT2D eigenvalue weighted by molar-refractivity contribution is -0.115. The summed E-state index contributed by atoms with van der Waals surface area (Å²) in [4.78, 5) is 30.8. The molecular weight excluding hydrogens is 496 g/mol. The molecule has 0 bridgehead atoms. The smallest absolute Gasteiger partial charge is 0.356 e. The van der Waals surface area contributed by atoms with Gasteiger partial charge in [-0.3, -0.25) is 4.79 Å². The topological polar surface area (TPSA) is 104 Å². The first-order chi connectivity index (χ1) is 18.8. The van der Waals surface area contributed by atoms with Crippen molar-refractivity contribution in [1.82, 2.24) is 9.55 Å². The minimum atomic E-state index is -0.541. The second-order valence-corrected chi connectivity index (χ2v) is 9.56. The molecule has 2 heterocycles. The molecule has 0 spiro atoms. The number of hydrogen-bond acceptors (Lipinski definition) is 7. The number of anilines is 2. The lowest BCUT2D eigenvalue weighted by Crippen LogP contribution is -2.19. The molecule has 0 saturated carbocycles. The molecule has 1 amide bonds. The quantitative estimate of drug-likeness (QED) is 0.254. The highest BCUT2D eigenvalue weighted by Crippen LogP contribution is 2.34. The highest BCUT2D eigenvalue weighted by Gasteiger charge is 2.26. The standard InChI is InChI=1S/C30H34N4O5/c1-19(2)18-34-28(30(36)39-5)27(33-26(35)13-20-9-7-6-8-10-20)24-14-22(17-32-29(24)34)31-16-21-11-12-23(37-3)15-25(21)38-4/h6-12,14-15,17,19,31H,13,16,18H2,1-5H3,(H,33,35). The molecule has 39 heavy (non-hydrogen) atoms. The van der Waals surface area contributed by atoms with E-state index in [-0.39, 0.29) is 23.9 Å². The average Bonchev–Trinajstić information content (AvgIpc) is 3.23. The first-order valence-corrected chi connectivity index (χ1v) is 12.7. The zero-order valence-electron chi connectivity index (χ0n) is 22.9. The van der Waals surface area contributed by atoms with Gasteiger partial charge >= 0.3 is 5.97 Å². The van der Waals surface area contributed by atoms with Crippen molar-refractivity contribution in [3.8, 4) is 11.5 Å². The van der Waals surface area contributed by atoms with E-state index in [2.05, 4.69) is 24.5 Å². The number of pyridine rings is 1. The minimum absolute atomic E-state index is 0.168. The second-order valence-electron chi connectivity index (χ2n) is 9.56. The molecule has 2 aromatic carbocycles. The van der Waals surface area contributed by atoms with Gasteiger partial charge in [-0.05, 0) is 29.7 Å². The van der Waals surface area contributed by atoms with Gasteiger partial charge in [-0.15, -0.1) is 0 Å². The van der Waals surface area contributed by atoms with E-state index >= 15 is 0 Å². The predicted octanol–water partition coefficient (Wildman–Crippen LogP) is 5.29. The molecule has 2 N–H and O–H groups in total. The fourth-order valence-electron chi connectivity index (χ4n) is 4.46. The van der Waals surface area contributed by atoms with Crippen LogP contribution in [0.2, 0.25) is 0 Å². The summed E-state index contributed by atoms with van der Waals surface area (Å²) in [5, 5.41) is 7.00. The van der Waals surface area contributed by atoms with Crippen LogP contribution in [0.15, 0.2) is 60.8 Å². The number of fused-ring (bicyclic) bond motifs is 1. The van der Waals surface area contributed by atoms with Crippen LogP contribution in [0.3, 0.4) is 0 Å². The molecular formula is C30H34N4O5. The summed E-state index contributed by atoms with van der Waals surface area (Å²) in [5.41, 5.74) is 3.77. The van der Waals surface area contributed by atoms with Crippen LogP contribution >= 0.6 is 0 Å². The summed E-state index contributed by atoms with van der Waals surface area (Å²) in [6.07, 6.45) is 1.88. The third-order valence-corrected chi connectivity index (χ3v) is 6.27. The summed E-state index contributed by atoms with van der Waals surface area (Å²) in [5.74, 6) is 0.841. The number of amides is 1. The van der Waals surface area contributed by atoms with Gasteiger partial charge in [0.15, 0.2) is 5.69 Å². The molecule has 2 aromatic heterocycles. The molecule has 0 atom stereocenters. The Morgan fingerprint density at radius 2 is 1.77 bits per heavy atom. The largest absolute Gasteiger partial charge is 0.497 e. The zero-order chi connectivity index (χ0) is 27.9. The number of rotatable bonds is 11. The number of nitrogens with zero attached hydrogens (tertiary/aromatic N) is 2. The highest BCUT2D eigenvalue weighted by atomic mass is 16.5. The zero-order valence-corrected chi connectivity index (χ0v) is 22.9. The molecule has 0 aliphatic rings. The Morgan fingerprint density at radius 3 is 2.44 bits per heavy atom. The summed E-state index contributed by atoms with van der Waals surface area (Å²) in [6.45, 7) is 5.10. The van der Waals surface area contributed by atoms with Crippen molar-refractivity contribution >= 4 is 34.3 Å². The number of carbonyl (C=O) groups is 2. The number of nitrogens with one attached hydrogen (secondary N) is 2. The lowest BCUT2D eigenvalue weighted by Gasteiger charge is -2.13. The van der Waals surface area contributed by atoms with Crippen LogP contribution in [0, 0.1) is 5.92 Å². The van der Waals surface area contributed by atoms with Crippen molar-refractivity contribution in [2.75, 3.05) is 32.0 Å². The summed E-state index contributed by atoms with van der Waals surface area (Å²) in [6, 6.07) is 17.0. The maximum Gasteiger partial charge on any atom is 0.356 e. The van der Waals surface area contributed by atoms with Gasteiger partial charge in [-0.2, -0.15) is 0 Å². The van der Waals surface area contributed by atoms with E-state index in [1.54, 1.807) is 20.4 Å². The molecule has 9 nitrogen and oxygen atoms in total. The number of methoxy groups -OCH3 is 3. The molecule has 0 unspecified atom stereocenters. The number of hydrogen-bond donors (Lipinski definition) is 2. The third kappa shape index (κ3) is 6.31. The van der Waals surface area contributed by atoms with Crippen molar-refractivity contribution in [2.45, 2.75) is 33.4 Å². The SMILES string of the molecule is COC(=O)c1c(NC(=O)Cc2ccccc2)c2cc(NCc3ccc(OC)cc3OC)cnc2n1CC(C)C. The van der Waals surface area contributed by atoms with Gasteiger partial charge in [0.05, 0.1) is 45.3 Å². The van der Waals surface area contributed by atoms with E-state index in [0.29, 0.717) is 41.3 Å². The van der Waals surface area contributed by atoms with E-state index in [0.717, 1.165) is 16.8 Å². The Kier molecular flexibility index (Phi) is 8.70. The first kappa shape index (κ1) is 27.5.